The summed E-state index contributed by atoms with van der Waals surface area (Å²) in [5, 5.41) is 7.06. The fourth-order valence-corrected chi connectivity index (χ4v) is 2.90. The van der Waals surface area contributed by atoms with Gasteiger partial charge < -0.3 is 9.26 Å². The molecule has 0 bridgehead atoms. The van der Waals surface area contributed by atoms with Gasteiger partial charge in [-0.15, -0.1) is 0 Å². The molecule has 0 aliphatic carbocycles. The molecule has 8 heteroatoms. The van der Waals surface area contributed by atoms with Crippen molar-refractivity contribution in [3.63, 3.8) is 0 Å². The van der Waals surface area contributed by atoms with Gasteiger partial charge >= 0.3 is 5.97 Å². The van der Waals surface area contributed by atoms with Crippen molar-refractivity contribution in [3.05, 3.63) is 69.2 Å². The molecule has 6 nitrogen and oxygen atoms in total. The Morgan fingerprint density at radius 2 is 1.96 bits per heavy atom. The summed E-state index contributed by atoms with van der Waals surface area (Å²) >= 11 is 9.22. The molecule has 1 amide bonds. The molecule has 1 aromatic heterocycles. The number of benzene rings is 2. The second-order valence-electron chi connectivity index (χ2n) is 5.43. The minimum atomic E-state index is -0.645. The number of halogens is 2. The van der Waals surface area contributed by atoms with E-state index in [9.17, 15) is 9.59 Å². The minimum Gasteiger partial charge on any atom is -0.462 e. The molecule has 27 heavy (non-hydrogen) atoms. The van der Waals surface area contributed by atoms with Gasteiger partial charge in [0.1, 0.15) is 5.69 Å². The average Bonchev–Trinajstić information content (AvgIpc) is 3.06. The third-order valence-electron chi connectivity index (χ3n) is 3.60. The average molecular weight is 450 g/mol. The lowest BCUT2D eigenvalue weighted by Gasteiger charge is -2.06. The molecule has 0 aliphatic rings. The van der Waals surface area contributed by atoms with Crippen LogP contribution in [0.4, 0.5) is 5.88 Å². The van der Waals surface area contributed by atoms with Crippen LogP contribution in [0.25, 0.3) is 11.3 Å². The third kappa shape index (κ3) is 4.37. The molecule has 0 spiro atoms. The van der Waals surface area contributed by atoms with E-state index >= 15 is 0 Å². The number of nitrogens with zero attached hydrogens (tertiary/aromatic N) is 1. The van der Waals surface area contributed by atoms with Crippen LogP contribution >= 0.6 is 27.5 Å². The lowest BCUT2D eigenvalue weighted by molar-refractivity contribution is 0.0528. The van der Waals surface area contributed by atoms with Crippen molar-refractivity contribution in [2.45, 2.75) is 6.92 Å². The Hall–Kier alpha value is -2.64. The molecule has 3 rings (SSSR count). The van der Waals surface area contributed by atoms with E-state index in [2.05, 4.69) is 26.4 Å². The smallest absolute Gasteiger partial charge is 0.346 e. The number of ether oxygens (including phenoxy) is 1. The maximum absolute atomic E-state index is 12.5. The Kier molecular flexibility index (Phi) is 5.93. The number of nitrogens with one attached hydrogen (secondary N) is 1. The lowest BCUT2D eigenvalue weighted by Crippen LogP contribution is -2.15. The molecule has 0 aliphatic heterocycles. The monoisotopic (exact) mass is 448 g/mol. The van der Waals surface area contributed by atoms with E-state index in [4.69, 9.17) is 20.9 Å². The van der Waals surface area contributed by atoms with E-state index in [1.54, 1.807) is 55.5 Å². The van der Waals surface area contributed by atoms with Gasteiger partial charge in [-0.3, -0.25) is 10.1 Å². The maximum atomic E-state index is 12.5. The van der Waals surface area contributed by atoms with Crippen molar-refractivity contribution in [1.29, 1.82) is 0 Å². The SMILES string of the molecule is CCOC(=O)c1c(-c2ccc(Cl)cc2)noc1NC(=O)c1cccc(Br)c1. The molecule has 2 aromatic carbocycles. The van der Waals surface area contributed by atoms with Crippen molar-refractivity contribution >= 4 is 45.3 Å². The summed E-state index contributed by atoms with van der Waals surface area (Å²) in [6.07, 6.45) is 0. The molecule has 0 unspecified atom stereocenters. The van der Waals surface area contributed by atoms with Gasteiger partial charge in [-0.2, -0.15) is 0 Å². The highest BCUT2D eigenvalue weighted by molar-refractivity contribution is 9.10. The largest absolute Gasteiger partial charge is 0.462 e. The first-order valence-corrected chi connectivity index (χ1v) is 9.16. The quantitative estimate of drug-likeness (QED) is 0.542. The number of esters is 1. The van der Waals surface area contributed by atoms with Crippen LogP contribution in [0, 0.1) is 0 Å². The van der Waals surface area contributed by atoms with Crippen LogP contribution < -0.4 is 5.32 Å². The number of hydrogen-bond donors (Lipinski definition) is 1. The molecule has 0 fully saturated rings. The van der Waals surface area contributed by atoms with E-state index < -0.39 is 11.9 Å². The number of aromatic nitrogens is 1. The molecule has 0 saturated carbocycles. The summed E-state index contributed by atoms with van der Waals surface area (Å²) in [5.74, 6) is -1.17. The summed E-state index contributed by atoms with van der Waals surface area (Å²) < 4.78 is 11.1. The van der Waals surface area contributed by atoms with Gasteiger partial charge in [-0.1, -0.05) is 50.9 Å². The van der Waals surface area contributed by atoms with Crippen molar-refractivity contribution in [2.75, 3.05) is 11.9 Å². The molecule has 0 atom stereocenters. The summed E-state index contributed by atoms with van der Waals surface area (Å²) in [7, 11) is 0. The molecule has 1 N–H and O–H groups in total. The Labute approximate surface area is 168 Å². The van der Waals surface area contributed by atoms with Crippen molar-refractivity contribution in [3.8, 4) is 11.3 Å². The van der Waals surface area contributed by atoms with Crippen molar-refractivity contribution in [1.82, 2.24) is 5.16 Å². The number of hydrogen-bond acceptors (Lipinski definition) is 5. The van der Waals surface area contributed by atoms with Gasteiger partial charge in [-0.05, 0) is 37.3 Å². The predicted molar refractivity (Wildman–Crippen MR) is 105 cm³/mol. The Morgan fingerprint density at radius 1 is 1.22 bits per heavy atom. The first kappa shape index (κ1) is 19.1. The van der Waals surface area contributed by atoms with Crippen LogP contribution in [-0.4, -0.2) is 23.6 Å². The normalized spacial score (nSPS) is 10.5. The first-order valence-electron chi connectivity index (χ1n) is 7.99. The van der Waals surface area contributed by atoms with Crippen molar-refractivity contribution < 1.29 is 18.8 Å². The summed E-state index contributed by atoms with van der Waals surface area (Å²) in [5.41, 5.74) is 1.30. The second kappa shape index (κ2) is 8.37. The zero-order chi connectivity index (χ0) is 19.4. The van der Waals surface area contributed by atoms with Gasteiger partial charge in [-0.25, -0.2) is 4.79 Å². The topological polar surface area (TPSA) is 81.4 Å². The molecule has 1 heterocycles. The highest BCUT2D eigenvalue weighted by atomic mass is 79.9. The van der Waals surface area contributed by atoms with E-state index in [-0.39, 0.29) is 23.7 Å². The number of rotatable bonds is 5. The number of anilines is 1. The fourth-order valence-electron chi connectivity index (χ4n) is 2.38. The van der Waals surface area contributed by atoms with Gasteiger partial charge in [0.25, 0.3) is 5.91 Å². The molecular formula is C19H14BrClN2O4. The zero-order valence-electron chi connectivity index (χ0n) is 14.2. The van der Waals surface area contributed by atoms with Gasteiger partial charge in [0.2, 0.25) is 5.88 Å². The third-order valence-corrected chi connectivity index (χ3v) is 4.35. The van der Waals surface area contributed by atoms with Gasteiger partial charge in [0.05, 0.1) is 6.61 Å². The summed E-state index contributed by atoms with van der Waals surface area (Å²) in [4.78, 5) is 25.0. The van der Waals surface area contributed by atoms with Gasteiger partial charge in [0.15, 0.2) is 5.56 Å². The molecule has 0 saturated heterocycles. The van der Waals surface area contributed by atoms with E-state index in [0.29, 0.717) is 16.1 Å². The van der Waals surface area contributed by atoms with Crippen LogP contribution in [0.15, 0.2) is 57.5 Å². The number of carbonyl (C=O) groups is 2. The highest BCUT2D eigenvalue weighted by Gasteiger charge is 2.27. The molecule has 3 aromatic rings. The Bertz CT molecular complexity index is 986. The summed E-state index contributed by atoms with van der Waals surface area (Å²) in [6, 6.07) is 13.5. The number of amides is 1. The Morgan fingerprint density at radius 3 is 2.63 bits per heavy atom. The number of carbonyl (C=O) groups excluding carboxylic acids is 2. The molecule has 138 valence electrons. The van der Waals surface area contributed by atoms with Crippen LogP contribution in [0.5, 0.6) is 0 Å². The summed E-state index contributed by atoms with van der Waals surface area (Å²) in [6.45, 7) is 1.86. The molecule has 0 radical (unpaired) electrons. The first-order chi connectivity index (χ1) is 13.0. The molecular weight excluding hydrogens is 436 g/mol. The lowest BCUT2D eigenvalue weighted by atomic mass is 10.1. The predicted octanol–water partition coefficient (Wildman–Crippen LogP) is 5.19. The Balaban J connectivity index is 1.98. The maximum Gasteiger partial charge on any atom is 0.346 e. The van der Waals surface area contributed by atoms with Crippen LogP contribution in [0.2, 0.25) is 5.02 Å². The highest BCUT2D eigenvalue weighted by Crippen LogP contribution is 2.31. The van der Waals surface area contributed by atoms with E-state index in [1.807, 2.05) is 0 Å². The van der Waals surface area contributed by atoms with Crippen molar-refractivity contribution in [2.24, 2.45) is 0 Å². The van der Waals surface area contributed by atoms with Crippen LogP contribution in [-0.2, 0) is 4.74 Å². The van der Waals surface area contributed by atoms with Crippen LogP contribution in [0.3, 0.4) is 0 Å². The van der Waals surface area contributed by atoms with Crippen LogP contribution in [0.1, 0.15) is 27.6 Å². The fraction of sp³-hybridized carbons (Fsp3) is 0.105. The van der Waals surface area contributed by atoms with Gasteiger partial charge in [0, 0.05) is 20.6 Å². The zero-order valence-corrected chi connectivity index (χ0v) is 16.5. The minimum absolute atomic E-state index is 0.0440. The van der Waals surface area contributed by atoms with E-state index in [0.717, 1.165) is 4.47 Å². The van der Waals surface area contributed by atoms with E-state index in [1.165, 1.54) is 0 Å². The standard InChI is InChI=1S/C19H14BrClN2O4/c1-2-26-19(25)15-16(11-6-8-14(21)9-7-11)23-27-18(15)22-17(24)12-4-3-5-13(20)10-12/h3-10H,2H2,1H3,(H,22,24). The second-order valence-corrected chi connectivity index (χ2v) is 6.78.